The fourth-order valence-corrected chi connectivity index (χ4v) is 2.76. The Morgan fingerprint density at radius 1 is 1.17 bits per heavy atom. The lowest BCUT2D eigenvalue weighted by Gasteiger charge is -2.34. The van der Waals surface area contributed by atoms with Crippen molar-refractivity contribution in [3.63, 3.8) is 0 Å². The van der Waals surface area contributed by atoms with Crippen molar-refractivity contribution in [2.45, 2.75) is 18.9 Å². The molecule has 1 aliphatic heterocycles. The predicted molar refractivity (Wildman–Crippen MR) is 92.1 cm³/mol. The summed E-state index contributed by atoms with van der Waals surface area (Å²) in [7, 11) is 0. The van der Waals surface area contributed by atoms with Crippen LogP contribution >= 0.6 is 11.6 Å². The summed E-state index contributed by atoms with van der Waals surface area (Å²) < 4.78 is 0. The Labute approximate surface area is 144 Å². The molecule has 2 N–H and O–H groups in total. The minimum atomic E-state index is -1.01. The van der Waals surface area contributed by atoms with Crippen molar-refractivity contribution in [1.29, 1.82) is 0 Å². The average Bonchev–Trinajstić information content (AvgIpc) is 2.55. The van der Waals surface area contributed by atoms with E-state index < -0.39 is 5.54 Å². The van der Waals surface area contributed by atoms with Gasteiger partial charge < -0.3 is 10.6 Å². The second-order valence-electron chi connectivity index (χ2n) is 5.84. The number of nitrogens with one attached hydrogen (secondary N) is 2. The Morgan fingerprint density at radius 2 is 1.92 bits per heavy atom. The molecule has 6 heteroatoms. The number of nitrogens with zero attached hydrogens (tertiary/aromatic N) is 1. The number of hydrogen-bond acceptors (Lipinski definition) is 3. The molecule has 0 aliphatic carbocycles. The van der Waals surface area contributed by atoms with E-state index in [1.807, 2.05) is 30.3 Å². The molecule has 24 heavy (non-hydrogen) atoms. The molecule has 0 spiro atoms. The summed E-state index contributed by atoms with van der Waals surface area (Å²) in [6.45, 7) is 1.71. The van der Waals surface area contributed by atoms with Crippen molar-refractivity contribution in [3.8, 4) is 0 Å². The Balaban J connectivity index is 1.83. The number of amides is 2. The number of benzene rings is 1. The van der Waals surface area contributed by atoms with Gasteiger partial charge in [-0.3, -0.25) is 9.59 Å². The first kappa shape index (κ1) is 16.2. The molecule has 0 saturated carbocycles. The van der Waals surface area contributed by atoms with Crippen molar-refractivity contribution in [3.05, 3.63) is 70.6 Å². The van der Waals surface area contributed by atoms with Crippen molar-refractivity contribution in [2.24, 2.45) is 0 Å². The van der Waals surface area contributed by atoms with Crippen molar-refractivity contribution >= 4 is 29.5 Å². The molecule has 1 unspecified atom stereocenters. The van der Waals surface area contributed by atoms with E-state index in [2.05, 4.69) is 15.6 Å². The first-order valence-electron chi connectivity index (χ1n) is 7.48. The van der Waals surface area contributed by atoms with Gasteiger partial charge in [0.1, 0.15) is 16.4 Å². The highest BCUT2D eigenvalue weighted by molar-refractivity contribution is 6.31. The topological polar surface area (TPSA) is 71.1 Å². The lowest BCUT2D eigenvalue weighted by molar-refractivity contribution is -0.135. The number of halogens is 1. The van der Waals surface area contributed by atoms with Crippen molar-refractivity contribution in [2.75, 3.05) is 0 Å². The normalized spacial score (nSPS) is 22.2. The highest BCUT2D eigenvalue weighted by Crippen LogP contribution is 2.21. The summed E-state index contributed by atoms with van der Waals surface area (Å²) in [5, 5.41) is 5.74. The predicted octanol–water partition coefficient (Wildman–Crippen LogP) is 2.32. The van der Waals surface area contributed by atoms with Gasteiger partial charge in [0, 0.05) is 18.2 Å². The van der Waals surface area contributed by atoms with E-state index in [0.717, 1.165) is 5.56 Å². The number of piperazine rings is 1. The van der Waals surface area contributed by atoms with E-state index in [0.29, 0.717) is 12.0 Å². The molecule has 2 amide bonds. The Bertz CT molecular complexity index is 820. The van der Waals surface area contributed by atoms with E-state index in [1.165, 1.54) is 6.08 Å². The van der Waals surface area contributed by atoms with Crippen LogP contribution < -0.4 is 10.6 Å². The van der Waals surface area contributed by atoms with Gasteiger partial charge in [0.05, 0.1) is 0 Å². The molecule has 0 bridgehead atoms. The zero-order valence-corrected chi connectivity index (χ0v) is 13.8. The van der Waals surface area contributed by atoms with Crippen LogP contribution in [0.2, 0.25) is 5.15 Å². The van der Waals surface area contributed by atoms with Crippen LogP contribution in [-0.2, 0) is 16.0 Å². The minimum Gasteiger partial charge on any atom is -0.336 e. The highest BCUT2D eigenvalue weighted by atomic mass is 35.5. The van der Waals surface area contributed by atoms with Crippen LogP contribution in [-0.4, -0.2) is 22.3 Å². The van der Waals surface area contributed by atoms with Crippen LogP contribution in [0.4, 0.5) is 0 Å². The number of hydrogen-bond donors (Lipinski definition) is 2. The fraction of sp³-hybridized carbons (Fsp3) is 0.167. The highest BCUT2D eigenvalue weighted by Gasteiger charge is 2.40. The van der Waals surface area contributed by atoms with Crippen LogP contribution in [0.1, 0.15) is 18.1 Å². The second-order valence-corrected chi connectivity index (χ2v) is 6.20. The SMILES string of the molecule is CC1(Cc2ccccc2)NC(=O)C(=Cc2cccnc2Cl)NC1=O. The van der Waals surface area contributed by atoms with E-state index in [1.54, 1.807) is 25.3 Å². The summed E-state index contributed by atoms with van der Waals surface area (Å²) in [6, 6.07) is 13.0. The Kier molecular flexibility index (Phi) is 4.36. The zero-order chi connectivity index (χ0) is 17.2. The van der Waals surface area contributed by atoms with E-state index >= 15 is 0 Å². The van der Waals surface area contributed by atoms with E-state index in [4.69, 9.17) is 11.6 Å². The van der Waals surface area contributed by atoms with Gasteiger partial charge >= 0.3 is 0 Å². The molecule has 2 heterocycles. The number of rotatable bonds is 3. The molecule has 1 fully saturated rings. The third kappa shape index (κ3) is 3.31. The summed E-state index contributed by atoms with van der Waals surface area (Å²) in [6.07, 6.45) is 3.48. The maximum atomic E-state index is 12.5. The summed E-state index contributed by atoms with van der Waals surface area (Å²) in [4.78, 5) is 28.9. The molecular weight excluding hydrogens is 326 g/mol. The van der Waals surface area contributed by atoms with Gasteiger partial charge in [-0.25, -0.2) is 4.98 Å². The molecule has 5 nitrogen and oxygen atoms in total. The van der Waals surface area contributed by atoms with Gasteiger partial charge in [-0.1, -0.05) is 48.0 Å². The molecule has 1 aliphatic rings. The average molecular weight is 342 g/mol. The summed E-state index contributed by atoms with van der Waals surface area (Å²) in [5.41, 5.74) is 0.684. The number of aromatic nitrogens is 1. The maximum absolute atomic E-state index is 12.5. The molecule has 1 aromatic heterocycles. The van der Waals surface area contributed by atoms with Crippen molar-refractivity contribution < 1.29 is 9.59 Å². The number of pyridine rings is 1. The molecule has 2 aromatic rings. The molecule has 1 aromatic carbocycles. The molecule has 3 rings (SSSR count). The van der Waals surface area contributed by atoms with Crippen molar-refractivity contribution in [1.82, 2.24) is 15.6 Å². The Hall–Kier alpha value is -2.66. The first-order chi connectivity index (χ1) is 11.5. The lowest BCUT2D eigenvalue weighted by Crippen LogP contribution is -2.64. The summed E-state index contributed by atoms with van der Waals surface area (Å²) in [5.74, 6) is -0.620. The number of carbonyl (C=O) groups is 2. The minimum absolute atomic E-state index is 0.153. The second kappa shape index (κ2) is 6.45. The molecule has 122 valence electrons. The van der Waals surface area contributed by atoms with Gasteiger partial charge in [0.25, 0.3) is 5.91 Å². The van der Waals surface area contributed by atoms with E-state index in [9.17, 15) is 9.59 Å². The van der Waals surface area contributed by atoms with Crippen LogP contribution in [0.3, 0.4) is 0 Å². The van der Waals surface area contributed by atoms with Gasteiger partial charge in [0.15, 0.2) is 0 Å². The maximum Gasteiger partial charge on any atom is 0.268 e. The van der Waals surface area contributed by atoms with Gasteiger partial charge in [-0.2, -0.15) is 0 Å². The number of carbonyl (C=O) groups excluding carboxylic acids is 2. The largest absolute Gasteiger partial charge is 0.336 e. The van der Waals surface area contributed by atoms with E-state index in [-0.39, 0.29) is 22.7 Å². The third-order valence-corrected chi connectivity index (χ3v) is 4.19. The van der Waals surface area contributed by atoms with Gasteiger partial charge in [0.2, 0.25) is 5.91 Å². The molecular formula is C18H16ClN3O2. The third-order valence-electron chi connectivity index (χ3n) is 3.87. The Morgan fingerprint density at radius 3 is 2.62 bits per heavy atom. The smallest absolute Gasteiger partial charge is 0.268 e. The molecule has 0 radical (unpaired) electrons. The van der Waals surface area contributed by atoms with Crippen LogP contribution in [0.15, 0.2) is 54.4 Å². The monoisotopic (exact) mass is 341 g/mol. The van der Waals surface area contributed by atoms with Gasteiger partial charge in [-0.15, -0.1) is 0 Å². The molecule has 1 atom stereocenters. The van der Waals surface area contributed by atoms with Crippen LogP contribution in [0.5, 0.6) is 0 Å². The van der Waals surface area contributed by atoms with Crippen LogP contribution in [0, 0.1) is 0 Å². The molecule has 1 saturated heterocycles. The fourth-order valence-electron chi connectivity index (χ4n) is 2.58. The lowest BCUT2D eigenvalue weighted by atomic mass is 9.89. The first-order valence-corrected chi connectivity index (χ1v) is 7.86. The summed E-state index contributed by atoms with van der Waals surface area (Å²) >= 11 is 5.99. The quantitative estimate of drug-likeness (QED) is 0.665. The standard InChI is InChI=1S/C18H16ClN3O2/c1-18(11-12-6-3-2-4-7-12)17(24)21-14(16(23)22-18)10-13-8-5-9-20-15(13)19/h2-10H,11H2,1H3,(H,21,24)(H,22,23). The zero-order valence-electron chi connectivity index (χ0n) is 13.0. The van der Waals surface area contributed by atoms with Gasteiger partial charge in [-0.05, 0) is 24.6 Å². The van der Waals surface area contributed by atoms with Crippen LogP contribution in [0.25, 0.3) is 6.08 Å².